The molecule has 4 saturated carbocycles. The quantitative estimate of drug-likeness (QED) is 0.139. The summed E-state index contributed by atoms with van der Waals surface area (Å²) in [4.78, 5) is 1.23. The molecule has 18 atom stereocenters. The van der Waals surface area contributed by atoms with Gasteiger partial charge in [0.1, 0.15) is 29.5 Å². The van der Waals surface area contributed by atoms with E-state index >= 15 is 0 Å². The third-order valence-corrected chi connectivity index (χ3v) is 13.1. The SMILES string of the molecule is CC1CCC2[NH+](C1)CC1C(C(O)C(O)C3(O)C1CC14OC5(O)C(O)CCC1(C)C5C(O)C(O)C34)C2(C)O.[Cl-]. The monoisotopic (exact) mass is 561 g/mol. The lowest BCUT2D eigenvalue weighted by Crippen LogP contribution is -3.22. The predicted octanol–water partition coefficient (Wildman–Crippen LogP) is -6.26. The van der Waals surface area contributed by atoms with Crippen molar-refractivity contribution in [3.8, 4) is 0 Å². The van der Waals surface area contributed by atoms with Crippen LogP contribution in [0.1, 0.15) is 52.9 Å². The molecule has 4 bridgehead atoms. The maximum atomic E-state index is 12.5. The second-order valence-electron chi connectivity index (χ2n) is 14.5. The summed E-state index contributed by atoms with van der Waals surface area (Å²) >= 11 is 0. The van der Waals surface area contributed by atoms with Crippen LogP contribution in [-0.4, -0.2) is 113 Å². The number of aliphatic hydroxyl groups is 8. The Balaban J connectivity index is 0.00000264. The van der Waals surface area contributed by atoms with Gasteiger partial charge >= 0.3 is 0 Å². The third-order valence-electron chi connectivity index (χ3n) is 13.1. The molecular formula is C27H44ClNO9. The van der Waals surface area contributed by atoms with Gasteiger partial charge in [0, 0.05) is 41.4 Å². The minimum Gasteiger partial charge on any atom is -1.00 e. The van der Waals surface area contributed by atoms with Crippen molar-refractivity contribution >= 4 is 0 Å². The molecule has 11 heteroatoms. The molecule has 7 fully saturated rings. The van der Waals surface area contributed by atoms with E-state index in [0.29, 0.717) is 18.9 Å². The van der Waals surface area contributed by atoms with Crippen LogP contribution in [-0.2, 0) is 4.74 Å². The van der Waals surface area contributed by atoms with Gasteiger partial charge in [0.25, 0.3) is 0 Å². The summed E-state index contributed by atoms with van der Waals surface area (Å²) in [6.45, 7) is 7.29. The first-order valence-corrected chi connectivity index (χ1v) is 14.3. The fourth-order valence-electron chi connectivity index (χ4n) is 11.7. The lowest BCUT2D eigenvalue weighted by atomic mass is 9.48. The highest BCUT2D eigenvalue weighted by Gasteiger charge is 2.88. The van der Waals surface area contributed by atoms with E-state index in [4.69, 9.17) is 4.74 Å². The number of aliphatic hydroxyl groups excluding tert-OH is 5. The summed E-state index contributed by atoms with van der Waals surface area (Å²) in [6.07, 6.45) is -4.79. The van der Waals surface area contributed by atoms with Crippen molar-refractivity contribution in [2.75, 3.05) is 13.1 Å². The Hall–Kier alpha value is -0.110. The molecule has 7 aliphatic rings. The van der Waals surface area contributed by atoms with E-state index in [1.165, 1.54) is 4.90 Å². The van der Waals surface area contributed by atoms with Crippen molar-refractivity contribution in [2.24, 2.45) is 40.9 Å². The van der Waals surface area contributed by atoms with Gasteiger partial charge in [-0.3, -0.25) is 0 Å². The number of rotatable bonds is 0. The highest BCUT2D eigenvalue weighted by Crippen LogP contribution is 2.76. The zero-order valence-electron chi connectivity index (χ0n) is 22.2. The van der Waals surface area contributed by atoms with Crippen LogP contribution in [0.4, 0.5) is 0 Å². The molecule has 10 nitrogen and oxygen atoms in total. The zero-order chi connectivity index (χ0) is 26.7. The summed E-state index contributed by atoms with van der Waals surface area (Å²) in [5, 5.41) is 92.9. The summed E-state index contributed by atoms with van der Waals surface area (Å²) in [5.74, 6) is -5.50. The lowest BCUT2D eigenvalue weighted by molar-refractivity contribution is -0.954. The maximum absolute atomic E-state index is 12.5. The van der Waals surface area contributed by atoms with Gasteiger partial charge in [-0.25, -0.2) is 0 Å². The molecule has 3 saturated heterocycles. The van der Waals surface area contributed by atoms with Gasteiger partial charge in [-0.2, -0.15) is 0 Å². The van der Waals surface area contributed by atoms with Crippen LogP contribution in [0.5, 0.6) is 0 Å². The largest absolute Gasteiger partial charge is 1.00 e. The molecule has 0 aromatic carbocycles. The van der Waals surface area contributed by atoms with Gasteiger partial charge in [-0.15, -0.1) is 0 Å². The normalized spacial score (nSPS) is 68.1. The molecule has 38 heavy (non-hydrogen) atoms. The van der Waals surface area contributed by atoms with Crippen molar-refractivity contribution in [2.45, 2.75) is 112 Å². The maximum Gasteiger partial charge on any atom is 0.198 e. The van der Waals surface area contributed by atoms with Gasteiger partial charge in [0.15, 0.2) is 5.79 Å². The minimum atomic E-state index is -2.09. The molecule has 0 aromatic rings. The van der Waals surface area contributed by atoms with Crippen LogP contribution in [0.2, 0.25) is 0 Å². The molecule has 18 unspecified atom stereocenters. The fraction of sp³-hybridized carbons (Fsp3) is 1.00. The van der Waals surface area contributed by atoms with Gasteiger partial charge in [0.05, 0.1) is 42.9 Å². The number of ether oxygens (including phenoxy) is 1. The number of piperidine rings is 2. The molecule has 0 radical (unpaired) electrons. The van der Waals surface area contributed by atoms with Crippen molar-refractivity contribution in [3.05, 3.63) is 0 Å². The van der Waals surface area contributed by atoms with Crippen LogP contribution in [0, 0.1) is 40.9 Å². The van der Waals surface area contributed by atoms with Crippen LogP contribution < -0.4 is 17.3 Å². The Morgan fingerprint density at radius 2 is 1.50 bits per heavy atom. The standard InChI is InChI=1S/C27H43NO9.ClH/c1-11-4-5-14-24(3,34)16-12(10-28(14)9-11)13-8-25-21(26(13,35)22(33)17(16)30)19(32)18(31)20-23(25,2)7-6-15(29)27(20,36)37-25;/h11-22,29-36H,4-10H2,1-3H3;1H. The third kappa shape index (κ3) is 2.80. The first kappa shape index (κ1) is 28.0. The second kappa shape index (κ2) is 8.04. The number of nitrogens with one attached hydrogen (secondary N) is 1. The molecule has 9 N–H and O–H groups in total. The van der Waals surface area contributed by atoms with Crippen molar-refractivity contribution in [3.63, 3.8) is 0 Å². The highest BCUT2D eigenvalue weighted by atomic mass is 35.5. The molecule has 4 aliphatic carbocycles. The van der Waals surface area contributed by atoms with E-state index in [9.17, 15) is 40.9 Å². The minimum absolute atomic E-state index is 0. The average Bonchev–Trinajstić information content (AvgIpc) is 3.13. The van der Waals surface area contributed by atoms with E-state index in [1.807, 2.05) is 6.92 Å². The fourth-order valence-corrected chi connectivity index (χ4v) is 11.7. The van der Waals surface area contributed by atoms with Crippen LogP contribution >= 0.6 is 0 Å². The molecule has 0 amide bonds. The number of hydrogen-bond donors (Lipinski definition) is 9. The smallest absolute Gasteiger partial charge is 0.198 e. The van der Waals surface area contributed by atoms with Gasteiger partial charge in [0.2, 0.25) is 0 Å². The Kier molecular flexibility index (Phi) is 5.93. The van der Waals surface area contributed by atoms with Gasteiger partial charge < -0.3 is 62.9 Å². The summed E-state index contributed by atoms with van der Waals surface area (Å²) in [5.41, 5.74) is -5.51. The van der Waals surface area contributed by atoms with E-state index in [-0.39, 0.29) is 37.2 Å². The summed E-state index contributed by atoms with van der Waals surface area (Å²) in [6, 6.07) is -0.0908. The molecule has 3 heterocycles. The average molecular weight is 562 g/mol. The summed E-state index contributed by atoms with van der Waals surface area (Å²) in [7, 11) is 0. The van der Waals surface area contributed by atoms with Gasteiger partial charge in [-0.1, -0.05) is 13.8 Å². The van der Waals surface area contributed by atoms with Crippen molar-refractivity contribution < 1.29 is 62.9 Å². The van der Waals surface area contributed by atoms with E-state index in [1.54, 1.807) is 6.92 Å². The second-order valence-corrected chi connectivity index (χ2v) is 14.5. The Labute approximate surface area is 229 Å². The van der Waals surface area contributed by atoms with E-state index in [0.717, 1.165) is 19.4 Å². The number of quaternary nitrogens is 1. The molecule has 0 aromatic heterocycles. The zero-order valence-corrected chi connectivity index (χ0v) is 23.0. The van der Waals surface area contributed by atoms with Crippen LogP contribution in [0.25, 0.3) is 0 Å². The highest BCUT2D eigenvalue weighted by molar-refractivity contribution is 5.34. The number of fused-ring (bicyclic) bond motifs is 5. The first-order chi connectivity index (χ1) is 17.2. The lowest BCUT2D eigenvalue weighted by Gasteiger charge is -2.62. The van der Waals surface area contributed by atoms with Gasteiger partial charge in [-0.05, 0) is 32.6 Å². The van der Waals surface area contributed by atoms with Crippen LogP contribution in [0.3, 0.4) is 0 Å². The molecule has 7 rings (SSSR count). The Morgan fingerprint density at radius 1 is 0.842 bits per heavy atom. The van der Waals surface area contributed by atoms with E-state index in [2.05, 4.69) is 6.92 Å². The van der Waals surface area contributed by atoms with Crippen molar-refractivity contribution in [1.82, 2.24) is 0 Å². The van der Waals surface area contributed by atoms with Crippen LogP contribution in [0.15, 0.2) is 0 Å². The molecule has 1 spiro atoms. The molecule has 218 valence electrons. The van der Waals surface area contributed by atoms with Crippen molar-refractivity contribution in [1.29, 1.82) is 0 Å². The van der Waals surface area contributed by atoms with E-state index < -0.39 is 82.2 Å². The Bertz CT molecular complexity index is 1000. The summed E-state index contributed by atoms with van der Waals surface area (Å²) < 4.78 is 6.42. The Morgan fingerprint density at radius 3 is 2.18 bits per heavy atom. The first-order valence-electron chi connectivity index (χ1n) is 14.3. The molecule has 3 aliphatic heterocycles. The number of hydrogen-bond acceptors (Lipinski definition) is 9. The number of halogens is 1. The topological polar surface area (TPSA) is 176 Å². The predicted molar refractivity (Wildman–Crippen MR) is 127 cm³/mol. The molecular weight excluding hydrogens is 518 g/mol.